The van der Waals surface area contributed by atoms with Crippen LogP contribution in [0.25, 0.3) is 0 Å². The van der Waals surface area contributed by atoms with E-state index in [0.29, 0.717) is 43.8 Å². The van der Waals surface area contributed by atoms with E-state index in [9.17, 15) is 21.6 Å². The number of carbonyl (C=O) groups is 1. The Kier molecular flexibility index (Phi) is 9.59. The molecular formula is C25H31Cl2N3O6S2. The van der Waals surface area contributed by atoms with E-state index in [1.165, 1.54) is 20.7 Å². The van der Waals surface area contributed by atoms with Gasteiger partial charge < -0.3 is 10.1 Å². The first-order valence-electron chi connectivity index (χ1n) is 12.5. The number of amides is 1. The second-order valence-electron chi connectivity index (χ2n) is 9.38. The predicted molar refractivity (Wildman–Crippen MR) is 146 cm³/mol. The van der Waals surface area contributed by atoms with Gasteiger partial charge in [0.25, 0.3) is 0 Å². The number of piperidine rings is 1. The molecule has 208 valence electrons. The van der Waals surface area contributed by atoms with Crippen LogP contribution in [0.2, 0.25) is 10.0 Å². The Bertz CT molecular complexity index is 1330. The van der Waals surface area contributed by atoms with Crippen molar-refractivity contribution in [2.24, 2.45) is 5.92 Å². The van der Waals surface area contributed by atoms with Crippen molar-refractivity contribution in [3.63, 3.8) is 0 Å². The summed E-state index contributed by atoms with van der Waals surface area (Å²) < 4.78 is 59.8. The molecule has 13 heteroatoms. The molecule has 0 radical (unpaired) electrons. The SMILES string of the molecule is O=C(NCCOc1ccc(S(=O)(=O)N2CCCC2)cc1)[C@H]1CCCN(S(=O)(=O)Cc2c(Cl)cccc2Cl)C1. The van der Waals surface area contributed by atoms with E-state index in [2.05, 4.69) is 5.32 Å². The van der Waals surface area contributed by atoms with E-state index in [-0.39, 0.29) is 46.3 Å². The summed E-state index contributed by atoms with van der Waals surface area (Å²) in [5, 5.41) is 3.38. The first-order valence-corrected chi connectivity index (χ1v) is 16.3. The van der Waals surface area contributed by atoms with Gasteiger partial charge in [0.1, 0.15) is 12.4 Å². The molecule has 38 heavy (non-hydrogen) atoms. The van der Waals surface area contributed by atoms with Gasteiger partial charge in [-0.25, -0.2) is 21.1 Å². The Morgan fingerprint density at radius 2 is 1.55 bits per heavy atom. The van der Waals surface area contributed by atoms with Crippen molar-refractivity contribution in [2.45, 2.75) is 36.3 Å². The van der Waals surface area contributed by atoms with Gasteiger partial charge in [0.2, 0.25) is 26.0 Å². The molecule has 1 atom stereocenters. The number of nitrogens with zero attached hydrogens (tertiary/aromatic N) is 2. The number of hydrogen-bond acceptors (Lipinski definition) is 6. The zero-order valence-electron chi connectivity index (χ0n) is 20.8. The van der Waals surface area contributed by atoms with Crippen LogP contribution in [0.1, 0.15) is 31.2 Å². The van der Waals surface area contributed by atoms with Crippen molar-refractivity contribution in [1.82, 2.24) is 13.9 Å². The molecule has 9 nitrogen and oxygen atoms in total. The maximum atomic E-state index is 13.0. The number of carbonyl (C=O) groups excluding carboxylic acids is 1. The Labute approximate surface area is 234 Å². The van der Waals surface area contributed by atoms with Crippen LogP contribution in [-0.4, -0.2) is 70.7 Å². The molecule has 2 fully saturated rings. The number of rotatable bonds is 10. The minimum atomic E-state index is -3.71. The molecule has 2 aliphatic rings. The summed E-state index contributed by atoms with van der Waals surface area (Å²) in [5.41, 5.74) is 0.348. The summed E-state index contributed by atoms with van der Waals surface area (Å²) in [6.07, 6.45) is 2.89. The Morgan fingerprint density at radius 3 is 2.21 bits per heavy atom. The maximum Gasteiger partial charge on any atom is 0.243 e. The molecule has 0 saturated carbocycles. The third kappa shape index (κ3) is 7.00. The largest absolute Gasteiger partial charge is 0.492 e. The number of benzene rings is 2. The fraction of sp³-hybridized carbons (Fsp3) is 0.480. The van der Waals surface area contributed by atoms with Gasteiger partial charge in [0.05, 0.1) is 23.1 Å². The third-order valence-electron chi connectivity index (χ3n) is 6.73. The summed E-state index contributed by atoms with van der Waals surface area (Å²) in [6, 6.07) is 11.1. The van der Waals surface area contributed by atoms with Crippen molar-refractivity contribution < 1.29 is 26.4 Å². The van der Waals surface area contributed by atoms with Crippen LogP contribution in [0, 0.1) is 5.92 Å². The molecule has 2 saturated heterocycles. The fourth-order valence-corrected chi connectivity index (χ4v) is 8.51. The molecule has 2 aromatic rings. The van der Waals surface area contributed by atoms with Crippen molar-refractivity contribution in [1.29, 1.82) is 0 Å². The number of ether oxygens (including phenoxy) is 1. The van der Waals surface area contributed by atoms with Crippen LogP contribution in [0.5, 0.6) is 5.75 Å². The van der Waals surface area contributed by atoms with E-state index >= 15 is 0 Å². The van der Waals surface area contributed by atoms with Gasteiger partial charge in [-0.3, -0.25) is 4.79 Å². The molecule has 1 amide bonds. The highest BCUT2D eigenvalue weighted by molar-refractivity contribution is 7.89. The first-order chi connectivity index (χ1) is 18.1. The molecule has 0 unspecified atom stereocenters. The van der Waals surface area contributed by atoms with Gasteiger partial charge in [0, 0.05) is 41.8 Å². The van der Waals surface area contributed by atoms with E-state index in [1.807, 2.05) is 0 Å². The average molecular weight is 605 g/mol. The predicted octanol–water partition coefficient (Wildman–Crippen LogP) is 3.51. The summed E-state index contributed by atoms with van der Waals surface area (Å²) in [4.78, 5) is 13.0. The second kappa shape index (κ2) is 12.5. The lowest BCUT2D eigenvalue weighted by molar-refractivity contribution is -0.126. The van der Waals surface area contributed by atoms with E-state index in [4.69, 9.17) is 27.9 Å². The van der Waals surface area contributed by atoms with Crippen LogP contribution < -0.4 is 10.1 Å². The lowest BCUT2D eigenvalue weighted by Gasteiger charge is -2.31. The van der Waals surface area contributed by atoms with Crippen LogP contribution in [0.15, 0.2) is 47.4 Å². The van der Waals surface area contributed by atoms with E-state index < -0.39 is 26.0 Å². The van der Waals surface area contributed by atoms with Gasteiger partial charge in [0.15, 0.2) is 0 Å². The maximum absolute atomic E-state index is 13.0. The minimum absolute atomic E-state index is 0.0874. The summed E-state index contributed by atoms with van der Waals surface area (Å²) >= 11 is 12.3. The first kappa shape index (κ1) is 29.1. The Morgan fingerprint density at radius 1 is 0.921 bits per heavy atom. The summed E-state index contributed by atoms with van der Waals surface area (Å²) in [5.74, 6) is -0.550. The molecule has 0 bridgehead atoms. The lowest BCUT2D eigenvalue weighted by Crippen LogP contribution is -2.46. The number of sulfonamides is 2. The minimum Gasteiger partial charge on any atom is -0.492 e. The Hall–Kier alpha value is -1.89. The topological polar surface area (TPSA) is 113 Å². The highest BCUT2D eigenvalue weighted by atomic mass is 35.5. The molecule has 1 N–H and O–H groups in total. The second-order valence-corrected chi connectivity index (χ2v) is 14.1. The van der Waals surface area contributed by atoms with Gasteiger partial charge >= 0.3 is 0 Å². The van der Waals surface area contributed by atoms with Gasteiger partial charge in [-0.1, -0.05) is 29.3 Å². The van der Waals surface area contributed by atoms with Crippen LogP contribution in [-0.2, 0) is 30.6 Å². The van der Waals surface area contributed by atoms with Crippen molar-refractivity contribution in [3.05, 3.63) is 58.1 Å². The molecule has 0 aromatic heterocycles. The normalized spacial score (nSPS) is 19.4. The number of hydrogen-bond donors (Lipinski definition) is 1. The van der Waals surface area contributed by atoms with Crippen molar-refractivity contribution in [3.8, 4) is 5.75 Å². The highest BCUT2D eigenvalue weighted by Gasteiger charge is 2.33. The zero-order valence-corrected chi connectivity index (χ0v) is 24.0. The van der Waals surface area contributed by atoms with Gasteiger partial charge in [-0.15, -0.1) is 0 Å². The van der Waals surface area contributed by atoms with Gasteiger partial charge in [-0.2, -0.15) is 4.31 Å². The van der Waals surface area contributed by atoms with E-state index in [1.54, 1.807) is 30.3 Å². The standard InChI is InChI=1S/C25H31Cl2N3O6S2/c26-23-6-3-7-24(27)22(23)18-37(32,33)30-15-4-5-19(17-30)25(31)28-12-16-36-20-8-10-21(11-9-20)38(34,35)29-13-1-2-14-29/h3,6-11,19H,1-2,4-5,12-18H2,(H,28,31)/t19-/m0/s1. The van der Waals surface area contributed by atoms with Crippen LogP contribution in [0.3, 0.4) is 0 Å². The smallest absolute Gasteiger partial charge is 0.243 e. The number of halogens is 2. The zero-order chi connectivity index (χ0) is 27.3. The lowest BCUT2D eigenvalue weighted by atomic mass is 9.99. The highest BCUT2D eigenvalue weighted by Crippen LogP contribution is 2.29. The molecule has 2 aliphatic heterocycles. The van der Waals surface area contributed by atoms with Crippen LogP contribution >= 0.6 is 23.2 Å². The van der Waals surface area contributed by atoms with Crippen molar-refractivity contribution >= 4 is 49.2 Å². The molecule has 0 spiro atoms. The van der Waals surface area contributed by atoms with Crippen molar-refractivity contribution in [2.75, 3.05) is 39.3 Å². The molecule has 2 heterocycles. The third-order valence-corrected chi connectivity index (χ3v) is 11.1. The molecule has 2 aromatic carbocycles. The molecule has 4 rings (SSSR count). The van der Waals surface area contributed by atoms with Gasteiger partial charge in [-0.05, 0) is 62.1 Å². The summed E-state index contributed by atoms with van der Waals surface area (Å²) in [7, 11) is -7.20. The van der Waals surface area contributed by atoms with E-state index in [0.717, 1.165) is 12.8 Å². The van der Waals surface area contributed by atoms with Crippen LogP contribution in [0.4, 0.5) is 0 Å². The average Bonchev–Trinajstić information content (AvgIpc) is 3.45. The Balaban J connectivity index is 1.24. The fourth-order valence-electron chi connectivity index (χ4n) is 4.63. The monoisotopic (exact) mass is 603 g/mol. The molecule has 0 aliphatic carbocycles. The number of nitrogens with one attached hydrogen (secondary N) is 1. The molecular weight excluding hydrogens is 573 g/mol. The summed E-state index contributed by atoms with van der Waals surface area (Å²) in [6.45, 7) is 1.92. The quantitative estimate of drug-likeness (QED) is 0.416.